The van der Waals surface area contributed by atoms with Crippen molar-refractivity contribution in [3.8, 4) is 0 Å². The van der Waals surface area contributed by atoms with Gasteiger partial charge in [0.05, 0.1) is 12.2 Å². The molecule has 80 valence electrons. The largest absolute Gasteiger partial charge is 0.307 e. The van der Waals surface area contributed by atoms with E-state index < -0.39 is 0 Å². The van der Waals surface area contributed by atoms with E-state index in [0.717, 1.165) is 17.3 Å². The number of imidazole rings is 1. The molecule has 0 unspecified atom stereocenters. The van der Waals surface area contributed by atoms with Crippen LogP contribution in [-0.4, -0.2) is 9.38 Å². The summed E-state index contributed by atoms with van der Waals surface area (Å²) in [5.41, 5.74) is 11.3. The maximum atomic E-state index is 8.25. The van der Waals surface area contributed by atoms with Crippen molar-refractivity contribution in [1.82, 2.24) is 9.38 Å². The topological polar surface area (TPSA) is 66.1 Å². The van der Waals surface area contributed by atoms with E-state index in [1.54, 1.807) is 0 Å². The minimum atomic E-state index is 0.316. The van der Waals surface area contributed by atoms with E-state index in [4.69, 9.17) is 5.53 Å². The molecule has 2 aromatic heterocycles. The molecule has 16 heavy (non-hydrogen) atoms. The number of azide groups is 1. The molecule has 0 saturated heterocycles. The Kier molecular flexibility index (Phi) is 2.04. The highest BCUT2D eigenvalue weighted by Crippen LogP contribution is 2.39. The number of hydrogen-bond donors (Lipinski definition) is 0. The van der Waals surface area contributed by atoms with Crippen molar-refractivity contribution in [2.45, 2.75) is 25.3 Å². The minimum absolute atomic E-state index is 0.316. The van der Waals surface area contributed by atoms with Gasteiger partial charge < -0.3 is 4.40 Å². The molecule has 0 bridgehead atoms. The van der Waals surface area contributed by atoms with Crippen molar-refractivity contribution in [1.29, 1.82) is 0 Å². The first-order chi connectivity index (χ1) is 7.86. The molecule has 5 nitrogen and oxygen atoms in total. The first kappa shape index (κ1) is 9.24. The quantitative estimate of drug-likeness (QED) is 0.439. The van der Waals surface area contributed by atoms with E-state index in [1.165, 1.54) is 18.4 Å². The van der Waals surface area contributed by atoms with Gasteiger partial charge in [-0.15, -0.1) is 0 Å². The summed E-state index contributed by atoms with van der Waals surface area (Å²) < 4.78 is 2.01. The first-order valence-electron chi connectivity index (χ1n) is 5.35. The Balaban J connectivity index is 1.99. The Morgan fingerprint density at radius 1 is 1.44 bits per heavy atom. The molecule has 0 aromatic carbocycles. The van der Waals surface area contributed by atoms with Crippen molar-refractivity contribution < 1.29 is 0 Å². The van der Waals surface area contributed by atoms with Gasteiger partial charge in [-0.3, -0.25) is 0 Å². The number of nitrogens with zero attached hydrogens (tertiary/aromatic N) is 5. The summed E-state index contributed by atoms with van der Waals surface area (Å²) >= 11 is 0. The lowest BCUT2D eigenvalue weighted by Gasteiger charge is -1.98. The molecule has 1 aliphatic carbocycles. The standard InChI is InChI=1S/C11H11N5/c12-15-13-5-10-7-16-6-9(8-1-2-8)3-4-11(16)14-10/h3-4,6-8H,1-2,5H2. The van der Waals surface area contributed by atoms with E-state index in [1.807, 2.05) is 16.7 Å². The third-order valence-corrected chi connectivity index (χ3v) is 2.87. The Morgan fingerprint density at radius 3 is 3.06 bits per heavy atom. The number of aromatic nitrogens is 2. The molecule has 0 atom stereocenters. The Bertz CT molecular complexity index is 575. The molecule has 3 rings (SSSR count). The van der Waals surface area contributed by atoms with Gasteiger partial charge in [-0.1, -0.05) is 11.2 Å². The summed E-state index contributed by atoms with van der Waals surface area (Å²) in [4.78, 5) is 7.10. The lowest BCUT2D eigenvalue weighted by molar-refractivity contribution is 0.996. The molecule has 5 heteroatoms. The number of hydrogen-bond acceptors (Lipinski definition) is 2. The molecule has 1 fully saturated rings. The van der Waals surface area contributed by atoms with Crippen molar-refractivity contribution in [3.63, 3.8) is 0 Å². The van der Waals surface area contributed by atoms with Gasteiger partial charge in [-0.25, -0.2) is 4.98 Å². The molecule has 0 N–H and O–H groups in total. The highest BCUT2D eigenvalue weighted by Gasteiger charge is 2.23. The fraction of sp³-hybridized carbons (Fsp3) is 0.364. The summed E-state index contributed by atoms with van der Waals surface area (Å²) in [5, 5.41) is 3.51. The summed E-state index contributed by atoms with van der Waals surface area (Å²) in [6.45, 7) is 0.316. The van der Waals surface area contributed by atoms with E-state index in [9.17, 15) is 0 Å². The van der Waals surface area contributed by atoms with E-state index in [-0.39, 0.29) is 0 Å². The van der Waals surface area contributed by atoms with Crippen molar-refractivity contribution in [2.24, 2.45) is 5.11 Å². The predicted molar refractivity (Wildman–Crippen MR) is 60.0 cm³/mol. The second-order valence-electron chi connectivity index (χ2n) is 4.12. The molecule has 1 aliphatic rings. The normalized spacial score (nSPS) is 15.0. The van der Waals surface area contributed by atoms with Gasteiger partial charge in [-0.05, 0) is 35.9 Å². The Morgan fingerprint density at radius 2 is 2.31 bits per heavy atom. The molecule has 0 aliphatic heterocycles. The fourth-order valence-electron chi connectivity index (χ4n) is 1.90. The first-order valence-corrected chi connectivity index (χ1v) is 5.35. The lowest BCUT2D eigenvalue weighted by atomic mass is 10.2. The average Bonchev–Trinajstić information content (AvgIpc) is 3.06. The van der Waals surface area contributed by atoms with E-state index >= 15 is 0 Å². The third-order valence-electron chi connectivity index (χ3n) is 2.87. The maximum absolute atomic E-state index is 8.25. The van der Waals surface area contributed by atoms with Gasteiger partial charge in [0.1, 0.15) is 5.65 Å². The lowest BCUT2D eigenvalue weighted by Crippen LogP contribution is -1.86. The Hall–Kier alpha value is -2.00. The van der Waals surface area contributed by atoms with Gasteiger partial charge in [0.25, 0.3) is 0 Å². The van der Waals surface area contributed by atoms with Crippen LogP contribution in [0.1, 0.15) is 30.0 Å². The molecule has 0 radical (unpaired) electrons. The van der Waals surface area contributed by atoms with Gasteiger partial charge >= 0.3 is 0 Å². The van der Waals surface area contributed by atoms with Gasteiger partial charge in [-0.2, -0.15) is 0 Å². The predicted octanol–water partition coefficient (Wildman–Crippen LogP) is 3.02. The van der Waals surface area contributed by atoms with Crippen LogP contribution < -0.4 is 0 Å². The van der Waals surface area contributed by atoms with Crippen LogP contribution in [0.4, 0.5) is 0 Å². The van der Waals surface area contributed by atoms with Gasteiger partial charge in [0.2, 0.25) is 0 Å². The Labute approximate surface area is 92.4 Å². The van der Waals surface area contributed by atoms with Gasteiger partial charge in [0, 0.05) is 17.3 Å². The smallest absolute Gasteiger partial charge is 0.136 e. The van der Waals surface area contributed by atoms with Crippen molar-refractivity contribution in [2.75, 3.05) is 0 Å². The number of pyridine rings is 1. The van der Waals surface area contributed by atoms with Crippen molar-refractivity contribution in [3.05, 3.63) is 46.2 Å². The summed E-state index contributed by atoms with van der Waals surface area (Å²) in [5.74, 6) is 0.743. The summed E-state index contributed by atoms with van der Waals surface area (Å²) in [7, 11) is 0. The monoisotopic (exact) mass is 213 g/mol. The van der Waals surface area contributed by atoms with E-state index in [2.05, 4.69) is 27.3 Å². The minimum Gasteiger partial charge on any atom is -0.307 e. The molecule has 0 spiro atoms. The molecular weight excluding hydrogens is 202 g/mol. The number of fused-ring (bicyclic) bond motifs is 1. The molecular formula is C11H11N5. The second-order valence-corrected chi connectivity index (χ2v) is 4.12. The van der Waals surface area contributed by atoms with Crippen LogP contribution in [0.2, 0.25) is 0 Å². The third kappa shape index (κ3) is 1.61. The molecule has 1 saturated carbocycles. The zero-order valence-corrected chi connectivity index (χ0v) is 8.74. The highest BCUT2D eigenvalue weighted by atomic mass is 15.1. The van der Waals surface area contributed by atoms with Crippen LogP contribution in [0.15, 0.2) is 29.6 Å². The van der Waals surface area contributed by atoms with Crippen LogP contribution in [0, 0.1) is 0 Å². The molecule has 2 aromatic rings. The average molecular weight is 213 g/mol. The van der Waals surface area contributed by atoms with Crippen LogP contribution in [0.3, 0.4) is 0 Å². The number of rotatable bonds is 3. The molecule has 2 heterocycles. The van der Waals surface area contributed by atoms with E-state index in [0.29, 0.717) is 6.54 Å². The van der Waals surface area contributed by atoms with Crippen LogP contribution in [0.25, 0.3) is 16.1 Å². The highest BCUT2D eigenvalue weighted by molar-refractivity contribution is 5.42. The summed E-state index contributed by atoms with van der Waals surface area (Å²) in [6, 6.07) is 4.16. The second kappa shape index (κ2) is 3.54. The van der Waals surface area contributed by atoms with Crippen LogP contribution in [-0.2, 0) is 6.54 Å². The zero-order chi connectivity index (χ0) is 11.0. The van der Waals surface area contributed by atoms with Gasteiger partial charge in [0.15, 0.2) is 0 Å². The van der Waals surface area contributed by atoms with Crippen LogP contribution >= 0.6 is 0 Å². The van der Waals surface area contributed by atoms with Crippen molar-refractivity contribution >= 4 is 5.65 Å². The van der Waals surface area contributed by atoms with Crippen LogP contribution in [0.5, 0.6) is 0 Å². The fourth-order valence-corrected chi connectivity index (χ4v) is 1.90. The summed E-state index contributed by atoms with van der Waals surface area (Å²) in [6.07, 6.45) is 6.65. The SMILES string of the molecule is [N-]=[N+]=NCc1cn2cc(C3CC3)ccc2n1. The zero-order valence-electron chi connectivity index (χ0n) is 8.74. The molecule has 0 amide bonds. The maximum Gasteiger partial charge on any atom is 0.136 e.